The molecule has 0 heterocycles. The SMILES string of the molecule is COc1ccc(/C=C/C(=O)NC(C=N)=C(N)C(=O)O)cc1OC. The molecule has 0 radical (unpaired) electrons. The highest BCUT2D eigenvalue weighted by molar-refractivity contribution is 6.00. The zero-order valence-electron chi connectivity index (χ0n) is 12.6. The van der Waals surface area contributed by atoms with Gasteiger partial charge in [0.2, 0.25) is 5.91 Å². The van der Waals surface area contributed by atoms with E-state index < -0.39 is 17.6 Å². The van der Waals surface area contributed by atoms with Crippen molar-refractivity contribution in [2.45, 2.75) is 0 Å². The number of benzene rings is 1. The minimum atomic E-state index is -1.42. The molecule has 0 unspecified atom stereocenters. The van der Waals surface area contributed by atoms with E-state index in [1.165, 1.54) is 26.4 Å². The predicted octanol–water partition coefficient (Wildman–Crippen LogP) is 0.738. The zero-order chi connectivity index (χ0) is 17.4. The molecule has 0 atom stereocenters. The Morgan fingerprint density at radius 1 is 1.26 bits per heavy atom. The Kier molecular flexibility index (Phi) is 6.35. The normalized spacial score (nSPS) is 11.6. The van der Waals surface area contributed by atoms with Gasteiger partial charge in [-0.05, 0) is 23.8 Å². The van der Waals surface area contributed by atoms with Crippen molar-refractivity contribution in [1.29, 1.82) is 5.41 Å². The van der Waals surface area contributed by atoms with Gasteiger partial charge >= 0.3 is 5.97 Å². The average Bonchev–Trinajstić information content (AvgIpc) is 2.56. The van der Waals surface area contributed by atoms with Crippen LogP contribution in [-0.2, 0) is 9.59 Å². The third kappa shape index (κ3) is 4.88. The van der Waals surface area contributed by atoms with Crippen LogP contribution in [0.5, 0.6) is 11.5 Å². The molecule has 0 aromatic heterocycles. The number of hydrogen-bond donors (Lipinski definition) is 4. The molecule has 122 valence electrons. The van der Waals surface area contributed by atoms with Crippen LogP contribution in [0.1, 0.15) is 5.56 Å². The number of carbonyl (C=O) groups is 2. The molecule has 5 N–H and O–H groups in total. The quantitative estimate of drug-likeness (QED) is 0.432. The summed E-state index contributed by atoms with van der Waals surface area (Å²) in [6, 6.07) is 5.06. The number of carbonyl (C=O) groups excluding carboxylic acids is 1. The lowest BCUT2D eigenvalue weighted by atomic mass is 10.2. The van der Waals surface area contributed by atoms with E-state index in [4.69, 9.17) is 25.7 Å². The number of rotatable bonds is 7. The largest absolute Gasteiger partial charge is 0.493 e. The number of carboxylic acids is 1. The molecule has 1 aromatic carbocycles. The lowest BCUT2D eigenvalue weighted by molar-refractivity contribution is -0.132. The molecule has 1 rings (SSSR count). The van der Waals surface area contributed by atoms with Crippen LogP contribution in [0.15, 0.2) is 35.7 Å². The summed E-state index contributed by atoms with van der Waals surface area (Å²) in [6.45, 7) is 0. The standard InChI is InChI=1S/C15H17N3O5/c1-22-11-5-3-9(7-12(11)23-2)4-6-13(19)18-10(8-16)14(17)15(20)21/h3-8,16H,17H2,1-2H3,(H,18,19)(H,20,21)/b6-4+,14-10?,16-8?. The third-order valence-electron chi connectivity index (χ3n) is 2.76. The zero-order valence-corrected chi connectivity index (χ0v) is 12.6. The van der Waals surface area contributed by atoms with Crippen molar-refractivity contribution >= 4 is 24.2 Å². The number of nitrogens with one attached hydrogen (secondary N) is 2. The molecule has 0 bridgehead atoms. The average molecular weight is 319 g/mol. The molecular formula is C15H17N3O5. The minimum Gasteiger partial charge on any atom is -0.493 e. The molecule has 1 aromatic rings. The third-order valence-corrected chi connectivity index (χ3v) is 2.76. The first-order chi connectivity index (χ1) is 10.9. The molecule has 0 saturated heterocycles. The van der Waals surface area contributed by atoms with Gasteiger partial charge in [-0.2, -0.15) is 0 Å². The first kappa shape index (κ1) is 17.8. The molecule has 0 saturated carbocycles. The summed E-state index contributed by atoms with van der Waals surface area (Å²) in [4.78, 5) is 22.5. The van der Waals surface area contributed by atoms with Crippen molar-refractivity contribution in [3.63, 3.8) is 0 Å². The molecule has 0 aliphatic heterocycles. The second-order valence-electron chi connectivity index (χ2n) is 4.21. The van der Waals surface area contributed by atoms with Gasteiger partial charge < -0.3 is 31.0 Å². The summed E-state index contributed by atoms with van der Waals surface area (Å²) < 4.78 is 10.2. The Balaban J connectivity index is 2.89. The number of methoxy groups -OCH3 is 2. The van der Waals surface area contributed by atoms with Crippen LogP contribution in [0.2, 0.25) is 0 Å². The molecule has 23 heavy (non-hydrogen) atoms. The molecular weight excluding hydrogens is 302 g/mol. The summed E-state index contributed by atoms with van der Waals surface area (Å²) in [5, 5.41) is 18.0. The monoisotopic (exact) mass is 319 g/mol. The Bertz CT molecular complexity index is 680. The maximum Gasteiger partial charge on any atom is 0.353 e. The van der Waals surface area contributed by atoms with Crippen molar-refractivity contribution in [2.24, 2.45) is 5.73 Å². The predicted molar refractivity (Wildman–Crippen MR) is 84.4 cm³/mol. The van der Waals surface area contributed by atoms with Crippen LogP contribution in [0.4, 0.5) is 0 Å². The van der Waals surface area contributed by atoms with Gasteiger partial charge in [-0.1, -0.05) is 6.07 Å². The van der Waals surface area contributed by atoms with Gasteiger partial charge in [-0.15, -0.1) is 0 Å². The number of hydrogen-bond acceptors (Lipinski definition) is 6. The summed E-state index contributed by atoms with van der Waals surface area (Å²) in [5.41, 5.74) is 5.02. The summed E-state index contributed by atoms with van der Waals surface area (Å²) in [5.74, 6) is -0.988. The van der Waals surface area contributed by atoms with Gasteiger partial charge in [-0.25, -0.2) is 4.79 Å². The van der Waals surface area contributed by atoms with Crippen molar-refractivity contribution in [3.8, 4) is 11.5 Å². The van der Waals surface area contributed by atoms with Crippen LogP contribution < -0.4 is 20.5 Å². The lowest BCUT2D eigenvalue weighted by Gasteiger charge is -2.07. The van der Waals surface area contributed by atoms with E-state index in [0.29, 0.717) is 23.3 Å². The van der Waals surface area contributed by atoms with E-state index in [0.717, 1.165) is 0 Å². The molecule has 0 fully saturated rings. The minimum absolute atomic E-state index is 0.292. The van der Waals surface area contributed by atoms with E-state index in [9.17, 15) is 9.59 Å². The molecule has 0 spiro atoms. The van der Waals surface area contributed by atoms with Gasteiger partial charge in [0.15, 0.2) is 11.5 Å². The van der Waals surface area contributed by atoms with Gasteiger partial charge in [0.25, 0.3) is 0 Å². The van der Waals surface area contributed by atoms with Crippen molar-refractivity contribution in [1.82, 2.24) is 5.32 Å². The first-order valence-electron chi connectivity index (χ1n) is 6.37. The maximum atomic E-state index is 11.8. The summed E-state index contributed by atoms with van der Waals surface area (Å²) in [6.07, 6.45) is 3.33. The smallest absolute Gasteiger partial charge is 0.353 e. The van der Waals surface area contributed by atoms with Crippen molar-refractivity contribution in [2.75, 3.05) is 14.2 Å². The summed E-state index contributed by atoms with van der Waals surface area (Å²) in [7, 11) is 3.01. The fraction of sp³-hybridized carbons (Fsp3) is 0.133. The molecule has 0 aliphatic rings. The molecule has 0 aliphatic carbocycles. The van der Waals surface area contributed by atoms with Gasteiger partial charge in [0.1, 0.15) is 5.70 Å². The lowest BCUT2D eigenvalue weighted by Crippen LogP contribution is -2.27. The second-order valence-corrected chi connectivity index (χ2v) is 4.21. The highest BCUT2D eigenvalue weighted by Crippen LogP contribution is 2.27. The van der Waals surface area contributed by atoms with Gasteiger partial charge in [0, 0.05) is 12.3 Å². The van der Waals surface area contributed by atoms with Gasteiger partial charge in [-0.3, -0.25) is 4.79 Å². The van der Waals surface area contributed by atoms with E-state index in [-0.39, 0.29) is 5.70 Å². The number of ether oxygens (including phenoxy) is 2. The Morgan fingerprint density at radius 3 is 2.43 bits per heavy atom. The highest BCUT2D eigenvalue weighted by atomic mass is 16.5. The fourth-order valence-electron chi connectivity index (χ4n) is 1.60. The van der Waals surface area contributed by atoms with Crippen LogP contribution in [0.3, 0.4) is 0 Å². The topological polar surface area (TPSA) is 135 Å². The van der Waals surface area contributed by atoms with E-state index >= 15 is 0 Å². The number of allylic oxidation sites excluding steroid dienone is 1. The van der Waals surface area contributed by atoms with E-state index in [1.54, 1.807) is 18.2 Å². The molecule has 8 nitrogen and oxygen atoms in total. The Labute approximate surface area is 132 Å². The van der Waals surface area contributed by atoms with Crippen LogP contribution in [0.25, 0.3) is 6.08 Å². The number of aliphatic carboxylic acids is 1. The van der Waals surface area contributed by atoms with Crippen molar-refractivity contribution in [3.05, 3.63) is 41.2 Å². The van der Waals surface area contributed by atoms with Crippen LogP contribution >= 0.6 is 0 Å². The van der Waals surface area contributed by atoms with Crippen molar-refractivity contribution < 1.29 is 24.2 Å². The second kappa shape index (κ2) is 8.23. The Hall–Kier alpha value is -3.29. The number of nitrogens with two attached hydrogens (primary N) is 1. The van der Waals surface area contributed by atoms with Gasteiger partial charge in [0.05, 0.1) is 19.9 Å². The van der Waals surface area contributed by atoms with Crippen LogP contribution in [0, 0.1) is 5.41 Å². The van der Waals surface area contributed by atoms with E-state index in [2.05, 4.69) is 5.32 Å². The maximum absolute atomic E-state index is 11.8. The first-order valence-corrected chi connectivity index (χ1v) is 6.37. The van der Waals surface area contributed by atoms with E-state index in [1.807, 2.05) is 0 Å². The molecule has 8 heteroatoms. The number of carboxylic acid groups (broad SMARTS) is 1. The van der Waals surface area contributed by atoms with Crippen LogP contribution in [-0.4, -0.2) is 37.4 Å². The summed E-state index contributed by atoms with van der Waals surface area (Å²) >= 11 is 0. The molecule has 1 amide bonds. The fourth-order valence-corrected chi connectivity index (χ4v) is 1.60. The highest BCUT2D eigenvalue weighted by Gasteiger charge is 2.10. The Morgan fingerprint density at radius 2 is 1.91 bits per heavy atom. The number of amides is 1.